The van der Waals surface area contributed by atoms with Crippen LogP contribution in [0.3, 0.4) is 0 Å². The van der Waals surface area contributed by atoms with Gasteiger partial charge in [-0.1, -0.05) is 60.7 Å². The lowest BCUT2D eigenvalue weighted by Crippen LogP contribution is -2.43. The van der Waals surface area contributed by atoms with Crippen LogP contribution in [0.1, 0.15) is 23.6 Å². The van der Waals surface area contributed by atoms with Crippen LogP contribution in [0, 0.1) is 0 Å². The summed E-state index contributed by atoms with van der Waals surface area (Å²) in [6, 6.07) is 17.7. The van der Waals surface area contributed by atoms with Gasteiger partial charge in [-0.15, -0.1) is 12.4 Å². The summed E-state index contributed by atoms with van der Waals surface area (Å²) < 4.78 is 4.79. The van der Waals surface area contributed by atoms with Crippen LogP contribution in [0.5, 0.6) is 0 Å². The lowest BCUT2D eigenvalue weighted by atomic mass is 10.0. The first kappa shape index (κ1) is 20.7. The van der Waals surface area contributed by atoms with Crippen LogP contribution in [0.4, 0.5) is 0 Å². The van der Waals surface area contributed by atoms with Gasteiger partial charge >= 0.3 is 5.97 Å². The minimum Gasteiger partial charge on any atom is -0.467 e. The van der Waals surface area contributed by atoms with E-state index in [1.165, 1.54) is 7.11 Å². The number of ether oxygens (including phenoxy) is 1. The third-order valence-corrected chi connectivity index (χ3v) is 3.74. The van der Waals surface area contributed by atoms with E-state index >= 15 is 0 Å². The minimum absolute atomic E-state index is 0. The normalized spacial score (nSPS) is 12.4. The maximum Gasteiger partial charge on any atom is 0.328 e. The van der Waals surface area contributed by atoms with E-state index in [1.807, 2.05) is 60.7 Å². The Kier molecular flexibility index (Phi) is 8.67. The summed E-state index contributed by atoms with van der Waals surface area (Å²) in [5, 5.41) is 2.72. The maximum atomic E-state index is 12.2. The number of hydrogen-bond donors (Lipinski definition) is 2. The van der Waals surface area contributed by atoms with Gasteiger partial charge in [0.05, 0.1) is 7.11 Å². The SMILES string of the molecule is COC(=O)C(Cc1ccccc1)NC(=O)CC(N)c1ccccc1.Cl. The van der Waals surface area contributed by atoms with E-state index < -0.39 is 18.1 Å². The van der Waals surface area contributed by atoms with Gasteiger partial charge in [0.15, 0.2) is 0 Å². The van der Waals surface area contributed by atoms with E-state index in [2.05, 4.69) is 5.32 Å². The number of amides is 1. The zero-order valence-electron chi connectivity index (χ0n) is 14.1. The Hall–Kier alpha value is -2.37. The van der Waals surface area contributed by atoms with Crippen LogP contribution in [-0.2, 0) is 20.7 Å². The van der Waals surface area contributed by atoms with E-state index in [0.717, 1.165) is 11.1 Å². The van der Waals surface area contributed by atoms with E-state index in [0.29, 0.717) is 6.42 Å². The van der Waals surface area contributed by atoms with Crippen molar-refractivity contribution in [2.45, 2.75) is 24.9 Å². The Morgan fingerprint density at radius 3 is 2.16 bits per heavy atom. The van der Waals surface area contributed by atoms with Crippen LogP contribution in [0.25, 0.3) is 0 Å². The fourth-order valence-corrected chi connectivity index (χ4v) is 2.46. The summed E-state index contributed by atoms with van der Waals surface area (Å²) in [6.45, 7) is 0. The lowest BCUT2D eigenvalue weighted by Gasteiger charge is -2.18. The highest BCUT2D eigenvalue weighted by molar-refractivity contribution is 5.85. The number of nitrogens with two attached hydrogens (primary N) is 1. The largest absolute Gasteiger partial charge is 0.467 e. The van der Waals surface area contributed by atoms with Crippen molar-refractivity contribution in [2.75, 3.05) is 7.11 Å². The van der Waals surface area contributed by atoms with Crippen molar-refractivity contribution < 1.29 is 14.3 Å². The fraction of sp³-hybridized carbons (Fsp3) is 0.263. The monoisotopic (exact) mass is 362 g/mol. The van der Waals surface area contributed by atoms with Gasteiger partial charge in [0.25, 0.3) is 0 Å². The summed E-state index contributed by atoms with van der Waals surface area (Å²) in [7, 11) is 1.31. The molecule has 5 nitrogen and oxygen atoms in total. The molecular weight excluding hydrogens is 340 g/mol. The van der Waals surface area contributed by atoms with Gasteiger partial charge in [-0.3, -0.25) is 4.79 Å². The number of methoxy groups -OCH3 is 1. The Balaban J connectivity index is 0.00000312. The number of carbonyl (C=O) groups excluding carboxylic acids is 2. The molecule has 2 aromatic carbocycles. The number of benzene rings is 2. The Bertz CT molecular complexity index is 665. The number of hydrogen-bond acceptors (Lipinski definition) is 4. The molecule has 0 bridgehead atoms. The highest BCUT2D eigenvalue weighted by atomic mass is 35.5. The fourth-order valence-electron chi connectivity index (χ4n) is 2.46. The summed E-state index contributed by atoms with van der Waals surface area (Å²) in [6.07, 6.45) is 0.478. The minimum atomic E-state index is -0.729. The summed E-state index contributed by atoms with van der Waals surface area (Å²) in [5.74, 6) is -0.752. The summed E-state index contributed by atoms with van der Waals surface area (Å²) >= 11 is 0. The van der Waals surface area contributed by atoms with E-state index in [9.17, 15) is 9.59 Å². The first-order chi connectivity index (χ1) is 11.6. The van der Waals surface area contributed by atoms with Gasteiger partial charge in [0.2, 0.25) is 5.91 Å². The van der Waals surface area contributed by atoms with Crippen molar-refractivity contribution in [1.29, 1.82) is 0 Å². The van der Waals surface area contributed by atoms with Gasteiger partial charge < -0.3 is 15.8 Å². The molecule has 0 spiro atoms. The van der Waals surface area contributed by atoms with E-state index in [1.54, 1.807) is 0 Å². The van der Waals surface area contributed by atoms with Crippen molar-refractivity contribution in [2.24, 2.45) is 5.73 Å². The van der Waals surface area contributed by atoms with E-state index in [-0.39, 0.29) is 24.7 Å². The molecule has 0 saturated carbocycles. The molecule has 6 heteroatoms. The smallest absolute Gasteiger partial charge is 0.328 e. The van der Waals surface area contributed by atoms with Crippen LogP contribution in [0.15, 0.2) is 60.7 Å². The van der Waals surface area contributed by atoms with Crippen LogP contribution in [-0.4, -0.2) is 25.0 Å². The average Bonchev–Trinajstić information content (AvgIpc) is 2.62. The quantitative estimate of drug-likeness (QED) is 0.741. The third-order valence-electron chi connectivity index (χ3n) is 3.74. The number of carbonyl (C=O) groups is 2. The maximum absolute atomic E-state index is 12.2. The molecule has 0 aliphatic rings. The Morgan fingerprint density at radius 2 is 1.60 bits per heavy atom. The molecule has 2 unspecified atom stereocenters. The highest BCUT2D eigenvalue weighted by Crippen LogP contribution is 2.13. The van der Waals surface area contributed by atoms with Crippen LogP contribution < -0.4 is 11.1 Å². The molecule has 0 heterocycles. The molecule has 2 rings (SSSR count). The molecule has 0 aliphatic carbocycles. The van der Waals surface area contributed by atoms with Crippen molar-refractivity contribution in [1.82, 2.24) is 5.32 Å². The molecule has 0 aliphatic heterocycles. The lowest BCUT2D eigenvalue weighted by molar-refractivity contribution is -0.145. The molecule has 0 saturated heterocycles. The highest BCUT2D eigenvalue weighted by Gasteiger charge is 2.23. The molecular formula is C19H23ClN2O3. The summed E-state index contributed by atoms with van der Waals surface area (Å²) in [4.78, 5) is 24.2. The predicted octanol–water partition coefficient (Wildman–Crippen LogP) is 2.40. The standard InChI is InChI=1S/C19H22N2O3.ClH/c1-24-19(23)17(12-14-8-4-2-5-9-14)21-18(22)13-16(20)15-10-6-3-7-11-15;/h2-11,16-17H,12-13,20H2,1H3,(H,21,22);1H. The molecule has 0 aromatic heterocycles. The molecule has 1 amide bonds. The van der Waals surface area contributed by atoms with Crippen LogP contribution >= 0.6 is 12.4 Å². The molecule has 3 N–H and O–H groups in total. The first-order valence-corrected chi connectivity index (χ1v) is 7.81. The molecule has 2 aromatic rings. The van der Waals surface area contributed by atoms with E-state index in [4.69, 9.17) is 10.5 Å². The Morgan fingerprint density at radius 1 is 1.04 bits per heavy atom. The van der Waals surface area contributed by atoms with Gasteiger partial charge in [0.1, 0.15) is 6.04 Å². The zero-order chi connectivity index (χ0) is 17.4. The van der Waals surface area contributed by atoms with Gasteiger partial charge in [-0.2, -0.15) is 0 Å². The van der Waals surface area contributed by atoms with Gasteiger partial charge in [-0.05, 0) is 11.1 Å². The number of nitrogens with one attached hydrogen (secondary N) is 1. The second-order valence-corrected chi connectivity index (χ2v) is 5.55. The first-order valence-electron chi connectivity index (χ1n) is 7.81. The molecule has 25 heavy (non-hydrogen) atoms. The topological polar surface area (TPSA) is 81.4 Å². The zero-order valence-corrected chi connectivity index (χ0v) is 14.9. The molecule has 2 atom stereocenters. The van der Waals surface area contributed by atoms with Crippen molar-refractivity contribution >= 4 is 24.3 Å². The third kappa shape index (κ3) is 6.57. The number of esters is 1. The second kappa shape index (κ2) is 10.5. The molecule has 0 radical (unpaired) electrons. The summed E-state index contributed by atoms with van der Waals surface area (Å²) in [5.41, 5.74) is 7.88. The molecule has 0 fully saturated rings. The molecule has 134 valence electrons. The Labute approximate surface area is 154 Å². The van der Waals surface area contributed by atoms with Crippen molar-refractivity contribution in [3.05, 3.63) is 71.8 Å². The average molecular weight is 363 g/mol. The van der Waals surface area contributed by atoms with Crippen LogP contribution in [0.2, 0.25) is 0 Å². The van der Waals surface area contributed by atoms with Crippen molar-refractivity contribution in [3.63, 3.8) is 0 Å². The second-order valence-electron chi connectivity index (χ2n) is 5.55. The number of rotatable bonds is 7. The predicted molar refractivity (Wildman–Crippen MR) is 99.3 cm³/mol. The van der Waals surface area contributed by atoms with Crippen molar-refractivity contribution in [3.8, 4) is 0 Å². The van der Waals surface area contributed by atoms with Gasteiger partial charge in [-0.25, -0.2) is 4.79 Å². The van der Waals surface area contributed by atoms with Gasteiger partial charge in [0, 0.05) is 18.9 Å². The number of halogens is 1.